The summed E-state index contributed by atoms with van der Waals surface area (Å²) < 4.78 is 13.7. The largest absolute Gasteiger partial charge is 0.486 e. The first-order valence-corrected chi connectivity index (χ1v) is 11.0. The van der Waals surface area contributed by atoms with Crippen molar-refractivity contribution in [1.29, 1.82) is 0 Å². The molecule has 0 saturated carbocycles. The van der Waals surface area contributed by atoms with E-state index in [2.05, 4.69) is 21.8 Å². The standard InChI is InChI=1S/C23H21ClN4O2S/c1-3-10-28-21(14-29-19-9-4-6-16(2)11-19)26-27-23(28)31-15-22-25-13-20(30-22)17-7-5-8-18(24)12-17/h3-9,11-13H,1,10,14-15H2,2H3. The molecule has 0 fully saturated rings. The number of ether oxygens (including phenoxy) is 1. The summed E-state index contributed by atoms with van der Waals surface area (Å²) in [5.41, 5.74) is 2.03. The van der Waals surface area contributed by atoms with E-state index in [1.165, 1.54) is 11.8 Å². The van der Waals surface area contributed by atoms with Crippen LogP contribution in [0.25, 0.3) is 11.3 Å². The lowest BCUT2D eigenvalue weighted by molar-refractivity contribution is 0.289. The second-order valence-corrected chi connectivity index (χ2v) is 8.20. The molecular formula is C23H21ClN4O2S. The van der Waals surface area contributed by atoms with Crippen LogP contribution in [0.15, 0.2) is 77.0 Å². The Morgan fingerprint density at radius 1 is 1.19 bits per heavy atom. The fraction of sp³-hybridized carbons (Fsp3) is 0.174. The van der Waals surface area contributed by atoms with Gasteiger partial charge in [0.25, 0.3) is 0 Å². The summed E-state index contributed by atoms with van der Waals surface area (Å²) in [6.45, 7) is 6.78. The van der Waals surface area contributed by atoms with Crippen molar-refractivity contribution in [2.45, 2.75) is 31.0 Å². The number of aromatic nitrogens is 4. The van der Waals surface area contributed by atoms with Gasteiger partial charge in [0.15, 0.2) is 16.7 Å². The van der Waals surface area contributed by atoms with Crippen molar-refractivity contribution in [3.05, 3.63) is 89.7 Å². The Balaban J connectivity index is 1.43. The summed E-state index contributed by atoms with van der Waals surface area (Å²) in [7, 11) is 0. The van der Waals surface area contributed by atoms with Crippen LogP contribution in [-0.2, 0) is 18.9 Å². The highest BCUT2D eigenvalue weighted by atomic mass is 35.5. The maximum Gasteiger partial charge on any atom is 0.205 e. The number of nitrogens with zero attached hydrogens (tertiary/aromatic N) is 4. The van der Waals surface area contributed by atoms with Crippen molar-refractivity contribution in [2.75, 3.05) is 0 Å². The van der Waals surface area contributed by atoms with Gasteiger partial charge >= 0.3 is 0 Å². The van der Waals surface area contributed by atoms with E-state index in [0.29, 0.717) is 35.6 Å². The highest BCUT2D eigenvalue weighted by Crippen LogP contribution is 2.27. The number of allylic oxidation sites excluding steroid dienone is 1. The van der Waals surface area contributed by atoms with E-state index < -0.39 is 0 Å². The molecule has 31 heavy (non-hydrogen) atoms. The van der Waals surface area contributed by atoms with Crippen molar-refractivity contribution in [3.63, 3.8) is 0 Å². The molecule has 2 aromatic carbocycles. The summed E-state index contributed by atoms with van der Waals surface area (Å²) in [5, 5.41) is 10.0. The molecule has 0 saturated heterocycles. The summed E-state index contributed by atoms with van der Waals surface area (Å²) in [6, 6.07) is 15.4. The highest BCUT2D eigenvalue weighted by molar-refractivity contribution is 7.98. The molecule has 0 bridgehead atoms. The van der Waals surface area contributed by atoms with Crippen LogP contribution < -0.4 is 4.74 Å². The Morgan fingerprint density at radius 2 is 2.06 bits per heavy atom. The first kappa shape index (κ1) is 21.2. The Kier molecular flexibility index (Phi) is 6.74. The maximum atomic E-state index is 6.06. The molecule has 2 aromatic heterocycles. The molecule has 0 aliphatic heterocycles. The molecule has 0 N–H and O–H groups in total. The second-order valence-electron chi connectivity index (χ2n) is 6.82. The molecule has 8 heteroatoms. The molecule has 0 aliphatic carbocycles. The first-order valence-electron chi connectivity index (χ1n) is 9.68. The third-order valence-corrected chi connectivity index (χ3v) is 5.64. The summed E-state index contributed by atoms with van der Waals surface area (Å²) in [5.74, 6) is 3.34. The predicted molar refractivity (Wildman–Crippen MR) is 122 cm³/mol. The van der Waals surface area contributed by atoms with Crippen LogP contribution in [0.2, 0.25) is 5.02 Å². The van der Waals surface area contributed by atoms with Gasteiger partial charge in [-0.15, -0.1) is 16.8 Å². The van der Waals surface area contributed by atoms with E-state index in [1.807, 2.05) is 66.1 Å². The second kappa shape index (κ2) is 9.85. The van der Waals surface area contributed by atoms with Gasteiger partial charge in [-0.3, -0.25) is 4.57 Å². The average Bonchev–Trinajstić information content (AvgIpc) is 3.38. The molecule has 4 rings (SSSR count). The van der Waals surface area contributed by atoms with Gasteiger partial charge in [0.05, 0.1) is 11.9 Å². The Bertz CT molecular complexity index is 1190. The van der Waals surface area contributed by atoms with Crippen LogP contribution in [0, 0.1) is 6.92 Å². The Morgan fingerprint density at radius 3 is 2.87 bits per heavy atom. The first-order chi connectivity index (χ1) is 15.1. The van der Waals surface area contributed by atoms with Gasteiger partial charge in [-0.2, -0.15) is 0 Å². The van der Waals surface area contributed by atoms with E-state index in [-0.39, 0.29) is 0 Å². The number of oxazole rings is 1. The molecule has 0 unspecified atom stereocenters. The lowest BCUT2D eigenvalue weighted by Crippen LogP contribution is -2.07. The van der Waals surface area contributed by atoms with Crippen LogP contribution in [0.4, 0.5) is 0 Å². The van der Waals surface area contributed by atoms with E-state index >= 15 is 0 Å². The van der Waals surface area contributed by atoms with Gasteiger partial charge in [0, 0.05) is 17.1 Å². The highest BCUT2D eigenvalue weighted by Gasteiger charge is 2.14. The molecule has 2 heterocycles. The zero-order valence-corrected chi connectivity index (χ0v) is 18.6. The minimum atomic E-state index is 0.322. The van der Waals surface area contributed by atoms with E-state index in [0.717, 1.165) is 27.9 Å². The number of hydrogen-bond acceptors (Lipinski definition) is 6. The van der Waals surface area contributed by atoms with Gasteiger partial charge in [-0.25, -0.2) is 4.98 Å². The average molecular weight is 453 g/mol. The number of aryl methyl sites for hydroxylation is 1. The van der Waals surface area contributed by atoms with Crippen LogP contribution in [-0.4, -0.2) is 19.7 Å². The maximum absolute atomic E-state index is 6.06. The van der Waals surface area contributed by atoms with Crippen LogP contribution in [0.5, 0.6) is 5.75 Å². The minimum Gasteiger partial charge on any atom is -0.486 e. The molecule has 0 radical (unpaired) electrons. The summed E-state index contributed by atoms with van der Waals surface area (Å²) >= 11 is 7.56. The van der Waals surface area contributed by atoms with Crippen molar-refractivity contribution in [2.24, 2.45) is 0 Å². The van der Waals surface area contributed by atoms with E-state index in [1.54, 1.807) is 6.20 Å². The van der Waals surface area contributed by atoms with E-state index in [9.17, 15) is 0 Å². The Labute approximate surface area is 189 Å². The quantitative estimate of drug-likeness (QED) is 0.231. The van der Waals surface area contributed by atoms with Crippen molar-refractivity contribution < 1.29 is 9.15 Å². The number of benzene rings is 2. The lowest BCUT2D eigenvalue weighted by Gasteiger charge is -2.09. The molecule has 4 aromatic rings. The van der Waals surface area contributed by atoms with Crippen LogP contribution in [0.1, 0.15) is 17.3 Å². The van der Waals surface area contributed by atoms with Crippen LogP contribution >= 0.6 is 23.4 Å². The van der Waals surface area contributed by atoms with Crippen molar-refractivity contribution >= 4 is 23.4 Å². The molecule has 158 valence electrons. The van der Waals surface area contributed by atoms with Gasteiger partial charge < -0.3 is 9.15 Å². The van der Waals surface area contributed by atoms with E-state index in [4.69, 9.17) is 20.8 Å². The molecule has 0 spiro atoms. The van der Waals surface area contributed by atoms with Crippen molar-refractivity contribution in [3.8, 4) is 17.1 Å². The molecule has 6 nitrogen and oxygen atoms in total. The lowest BCUT2D eigenvalue weighted by atomic mass is 10.2. The number of halogens is 1. The predicted octanol–water partition coefficient (Wildman–Crippen LogP) is 5.95. The number of rotatable bonds is 9. The minimum absolute atomic E-state index is 0.322. The number of hydrogen-bond donors (Lipinski definition) is 0. The van der Waals surface area contributed by atoms with Gasteiger partial charge in [0.1, 0.15) is 12.4 Å². The zero-order chi connectivity index (χ0) is 21.6. The Hall–Kier alpha value is -3.03. The normalized spacial score (nSPS) is 10.9. The number of thioether (sulfide) groups is 1. The van der Waals surface area contributed by atoms with Gasteiger partial charge in [-0.05, 0) is 36.8 Å². The fourth-order valence-electron chi connectivity index (χ4n) is 2.98. The summed E-state index contributed by atoms with van der Waals surface area (Å²) in [4.78, 5) is 4.37. The molecule has 0 aliphatic rings. The van der Waals surface area contributed by atoms with Gasteiger partial charge in [-0.1, -0.05) is 53.7 Å². The smallest absolute Gasteiger partial charge is 0.205 e. The topological polar surface area (TPSA) is 66.0 Å². The van der Waals surface area contributed by atoms with Crippen LogP contribution in [0.3, 0.4) is 0 Å². The summed E-state index contributed by atoms with van der Waals surface area (Å²) in [6.07, 6.45) is 3.52. The van der Waals surface area contributed by atoms with Crippen molar-refractivity contribution in [1.82, 2.24) is 19.7 Å². The molecular weight excluding hydrogens is 432 g/mol. The SMILES string of the molecule is C=CCn1c(COc2cccc(C)c2)nnc1SCc1ncc(-c2cccc(Cl)c2)o1. The van der Waals surface area contributed by atoms with Gasteiger partial charge in [0.2, 0.25) is 5.89 Å². The zero-order valence-electron chi connectivity index (χ0n) is 17.0. The third kappa shape index (κ3) is 5.37. The fourth-order valence-corrected chi connectivity index (χ4v) is 3.99. The molecule has 0 amide bonds. The third-order valence-electron chi connectivity index (χ3n) is 4.45. The molecule has 0 atom stereocenters. The monoisotopic (exact) mass is 452 g/mol.